The van der Waals surface area contributed by atoms with Gasteiger partial charge in [-0.15, -0.1) is 0 Å². The van der Waals surface area contributed by atoms with Gasteiger partial charge in [0.2, 0.25) is 0 Å². The Morgan fingerprint density at radius 2 is 1.81 bits per heavy atom. The average Bonchev–Trinajstić information content (AvgIpc) is 2.47. The van der Waals surface area contributed by atoms with Crippen molar-refractivity contribution < 1.29 is 9.90 Å². The highest BCUT2D eigenvalue weighted by molar-refractivity contribution is 5.83. The highest BCUT2D eigenvalue weighted by Gasteiger charge is 2.15. The van der Waals surface area contributed by atoms with Crippen molar-refractivity contribution in [3.05, 3.63) is 0 Å². The molecule has 2 atom stereocenters. The van der Waals surface area contributed by atoms with Crippen molar-refractivity contribution >= 4 is 5.78 Å². The van der Waals surface area contributed by atoms with Crippen molar-refractivity contribution in [2.45, 2.75) is 45.9 Å². The second-order valence-corrected chi connectivity index (χ2v) is 5.46. The summed E-state index contributed by atoms with van der Waals surface area (Å²) in [5, 5.41) is 12.8. The molecule has 0 aromatic carbocycles. The van der Waals surface area contributed by atoms with E-state index in [9.17, 15) is 9.90 Å². The number of likely N-dealkylation sites (N-methyl/N-ethyl adjacent to an activating group) is 2. The summed E-state index contributed by atoms with van der Waals surface area (Å²) in [6, 6.07) is -0.571. The van der Waals surface area contributed by atoms with E-state index in [0.717, 1.165) is 32.7 Å². The summed E-state index contributed by atoms with van der Waals surface area (Å²) in [6.45, 7) is 11.9. The lowest BCUT2D eigenvalue weighted by Crippen LogP contribution is -2.42. The second kappa shape index (κ2) is 12.1. The zero-order chi connectivity index (χ0) is 16.3. The Bertz CT molecular complexity index is 272. The summed E-state index contributed by atoms with van der Waals surface area (Å²) in [5.41, 5.74) is 5.71. The number of aliphatic hydroxyl groups is 1. The minimum absolute atomic E-state index is 0.00723. The van der Waals surface area contributed by atoms with Gasteiger partial charge in [-0.2, -0.15) is 0 Å². The number of Topliss-reactive ketones (excluding diaryl/α,β-unsaturated/α-hetero) is 1. The van der Waals surface area contributed by atoms with Crippen molar-refractivity contribution in [2.24, 2.45) is 5.73 Å². The molecule has 0 aliphatic carbocycles. The standard InChI is InChI=1S/C15H34N4O2/c1-5-14(20)13(16)12-15(21)17-8-9-18(4)10-11-19(6-2)7-3/h13,15,17,21H,5-12,16H2,1-4H3. The van der Waals surface area contributed by atoms with E-state index < -0.39 is 12.3 Å². The van der Waals surface area contributed by atoms with Crippen LogP contribution in [0.1, 0.15) is 33.6 Å². The van der Waals surface area contributed by atoms with E-state index in [1.165, 1.54) is 0 Å². The highest BCUT2D eigenvalue weighted by atomic mass is 16.3. The third-order valence-electron chi connectivity index (χ3n) is 3.81. The molecule has 0 aliphatic heterocycles. The van der Waals surface area contributed by atoms with Crippen molar-refractivity contribution in [1.82, 2.24) is 15.1 Å². The van der Waals surface area contributed by atoms with Crippen molar-refractivity contribution in [3.8, 4) is 0 Å². The molecule has 4 N–H and O–H groups in total. The van der Waals surface area contributed by atoms with Gasteiger partial charge in [-0.3, -0.25) is 10.1 Å². The number of nitrogens with zero attached hydrogens (tertiary/aromatic N) is 2. The maximum atomic E-state index is 11.4. The molecule has 2 unspecified atom stereocenters. The quantitative estimate of drug-likeness (QED) is 0.411. The summed E-state index contributed by atoms with van der Waals surface area (Å²) in [6.07, 6.45) is -0.0238. The van der Waals surface area contributed by atoms with Gasteiger partial charge >= 0.3 is 0 Å². The average molecular weight is 302 g/mol. The predicted octanol–water partition coefficient (Wildman–Crippen LogP) is -0.135. The number of ketones is 1. The van der Waals surface area contributed by atoms with Crippen molar-refractivity contribution in [2.75, 3.05) is 46.3 Å². The van der Waals surface area contributed by atoms with Crippen LogP contribution in [0.3, 0.4) is 0 Å². The van der Waals surface area contributed by atoms with Crippen LogP contribution in [0.15, 0.2) is 0 Å². The van der Waals surface area contributed by atoms with Crippen LogP contribution in [-0.2, 0) is 4.79 Å². The van der Waals surface area contributed by atoms with E-state index in [1.54, 1.807) is 6.92 Å². The molecular formula is C15H34N4O2. The summed E-state index contributed by atoms with van der Waals surface area (Å²) >= 11 is 0. The molecule has 0 spiro atoms. The number of aliphatic hydroxyl groups excluding tert-OH is 1. The minimum Gasteiger partial charge on any atom is -0.379 e. The molecule has 0 bridgehead atoms. The number of hydrogen-bond acceptors (Lipinski definition) is 6. The lowest BCUT2D eigenvalue weighted by molar-refractivity contribution is -0.120. The topological polar surface area (TPSA) is 81.8 Å². The van der Waals surface area contributed by atoms with Gasteiger partial charge in [-0.1, -0.05) is 20.8 Å². The Balaban J connectivity index is 3.75. The number of hydrogen-bond donors (Lipinski definition) is 3. The van der Waals surface area contributed by atoms with E-state index in [-0.39, 0.29) is 12.2 Å². The molecule has 126 valence electrons. The minimum atomic E-state index is -0.716. The molecule has 0 amide bonds. The molecular weight excluding hydrogens is 268 g/mol. The molecule has 6 nitrogen and oxygen atoms in total. The summed E-state index contributed by atoms with van der Waals surface area (Å²) < 4.78 is 0. The first-order valence-corrected chi connectivity index (χ1v) is 8.05. The smallest absolute Gasteiger partial charge is 0.149 e. The Morgan fingerprint density at radius 1 is 1.19 bits per heavy atom. The number of carbonyl (C=O) groups excluding carboxylic acids is 1. The van der Waals surface area contributed by atoms with Crippen LogP contribution in [0, 0.1) is 0 Å². The number of rotatable bonds is 13. The lowest BCUT2D eigenvalue weighted by atomic mass is 10.1. The molecule has 0 heterocycles. The Labute approximate surface area is 129 Å². The molecule has 0 radical (unpaired) electrons. The monoisotopic (exact) mass is 302 g/mol. The van der Waals surface area contributed by atoms with Crippen LogP contribution in [0.4, 0.5) is 0 Å². The largest absolute Gasteiger partial charge is 0.379 e. The summed E-state index contributed by atoms with van der Waals surface area (Å²) in [5.74, 6) is -0.00723. The zero-order valence-corrected chi connectivity index (χ0v) is 14.1. The van der Waals surface area contributed by atoms with E-state index in [4.69, 9.17) is 5.73 Å². The molecule has 0 aromatic rings. The van der Waals surface area contributed by atoms with Crippen LogP contribution in [0.5, 0.6) is 0 Å². The maximum absolute atomic E-state index is 11.4. The number of carbonyl (C=O) groups is 1. The molecule has 0 saturated carbocycles. The normalized spacial score (nSPS) is 14.7. The fourth-order valence-electron chi connectivity index (χ4n) is 2.10. The van der Waals surface area contributed by atoms with E-state index in [0.29, 0.717) is 13.0 Å². The molecule has 0 aromatic heterocycles. The van der Waals surface area contributed by atoms with Crippen LogP contribution in [0.25, 0.3) is 0 Å². The second-order valence-electron chi connectivity index (χ2n) is 5.46. The van der Waals surface area contributed by atoms with Gasteiger partial charge < -0.3 is 20.6 Å². The van der Waals surface area contributed by atoms with E-state index >= 15 is 0 Å². The summed E-state index contributed by atoms with van der Waals surface area (Å²) in [4.78, 5) is 16.0. The molecule has 0 saturated heterocycles. The summed E-state index contributed by atoms with van der Waals surface area (Å²) in [7, 11) is 2.07. The van der Waals surface area contributed by atoms with Crippen molar-refractivity contribution in [1.29, 1.82) is 0 Å². The van der Waals surface area contributed by atoms with E-state index in [1.807, 2.05) is 0 Å². The highest BCUT2D eigenvalue weighted by Crippen LogP contribution is 1.97. The van der Waals surface area contributed by atoms with Gasteiger partial charge in [0.15, 0.2) is 0 Å². The molecule has 0 fully saturated rings. The van der Waals surface area contributed by atoms with Crippen molar-refractivity contribution in [3.63, 3.8) is 0 Å². The first-order valence-electron chi connectivity index (χ1n) is 8.05. The van der Waals surface area contributed by atoms with Gasteiger partial charge in [-0.25, -0.2) is 0 Å². The van der Waals surface area contributed by atoms with Gasteiger partial charge in [0.05, 0.1) is 6.04 Å². The Hall–Kier alpha value is -0.530. The fraction of sp³-hybridized carbons (Fsp3) is 0.933. The SMILES string of the molecule is CCC(=O)C(N)CC(O)NCCN(C)CCN(CC)CC. The molecule has 6 heteroatoms. The number of nitrogens with one attached hydrogen (secondary N) is 1. The molecule has 21 heavy (non-hydrogen) atoms. The Kier molecular flexibility index (Phi) is 11.8. The first kappa shape index (κ1) is 20.5. The zero-order valence-electron chi connectivity index (χ0n) is 14.1. The van der Waals surface area contributed by atoms with Gasteiger partial charge in [0.25, 0.3) is 0 Å². The number of nitrogens with two attached hydrogens (primary N) is 1. The molecule has 0 aliphatic rings. The predicted molar refractivity (Wildman–Crippen MR) is 87.2 cm³/mol. The van der Waals surface area contributed by atoms with E-state index in [2.05, 4.69) is 36.0 Å². The van der Waals surface area contributed by atoms with Crippen LogP contribution < -0.4 is 11.1 Å². The first-order chi connectivity index (χ1) is 9.94. The van der Waals surface area contributed by atoms with Gasteiger partial charge in [0.1, 0.15) is 12.0 Å². The third kappa shape index (κ3) is 9.92. The molecule has 0 rings (SSSR count). The van der Waals surface area contributed by atoms with Gasteiger partial charge in [-0.05, 0) is 20.1 Å². The van der Waals surface area contributed by atoms with Crippen LogP contribution in [-0.4, -0.2) is 79.3 Å². The third-order valence-corrected chi connectivity index (χ3v) is 3.81. The Morgan fingerprint density at radius 3 is 2.33 bits per heavy atom. The lowest BCUT2D eigenvalue weighted by Gasteiger charge is -2.24. The fourth-order valence-corrected chi connectivity index (χ4v) is 2.10. The van der Waals surface area contributed by atoms with Crippen LogP contribution in [0.2, 0.25) is 0 Å². The van der Waals surface area contributed by atoms with Crippen LogP contribution >= 0.6 is 0 Å². The van der Waals surface area contributed by atoms with Gasteiger partial charge in [0, 0.05) is 39.0 Å². The maximum Gasteiger partial charge on any atom is 0.149 e.